The Hall–Kier alpha value is -4.02. The van der Waals surface area contributed by atoms with Crippen LogP contribution in [0.5, 0.6) is 5.75 Å². The summed E-state index contributed by atoms with van der Waals surface area (Å²) >= 11 is 0. The monoisotopic (exact) mass is 563 g/mol. The standard InChI is InChI=1S/C18H22N4O3.C11H16BNO3/c1-18(2,20)17(23)21-15(12-24-14-8-4-3-5-9-14)16-13(7-6-10-19)11-25-22-16;1-12(15)13-11(7-14)9-16-8-10-5-3-2-4-6-10/h3-5,8-9,11,15H,6-7,12,20H2,1-2H3,(H,21,23);2-7,11,13,15H,8-9H2,1H3/t15-;/m1./s1. The number of rotatable bonds is 15. The number of ether oxygens (including phenoxy) is 2. The lowest BCUT2D eigenvalue weighted by molar-refractivity contribution is -0.126. The first-order chi connectivity index (χ1) is 19.6. The molecule has 0 bridgehead atoms. The van der Waals surface area contributed by atoms with Gasteiger partial charge in [-0.15, -0.1) is 0 Å². The van der Waals surface area contributed by atoms with Gasteiger partial charge >= 0.3 is 7.05 Å². The highest BCUT2D eigenvalue weighted by Gasteiger charge is 2.28. The second-order valence-electron chi connectivity index (χ2n) is 9.84. The van der Waals surface area contributed by atoms with Crippen molar-refractivity contribution in [1.82, 2.24) is 15.7 Å². The lowest BCUT2D eigenvalue weighted by atomic mass is 9.87. The molecule has 0 aliphatic rings. The molecule has 1 amide bonds. The molecule has 0 radical (unpaired) electrons. The van der Waals surface area contributed by atoms with Crippen LogP contribution in [0.25, 0.3) is 0 Å². The molecule has 1 unspecified atom stereocenters. The van der Waals surface area contributed by atoms with Gasteiger partial charge in [0, 0.05) is 12.0 Å². The van der Waals surface area contributed by atoms with Crippen LogP contribution in [-0.4, -0.2) is 54.2 Å². The van der Waals surface area contributed by atoms with Crippen LogP contribution < -0.4 is 21.0 Å². The number of amides is 1. The number of nitriles is 1. The minimum Gasteiger partial charge on any atom is -0.491 e. The van der Waals surface area contributed by atoms with E-state index >= 15 is 0 Å². The summed E-state index contributed by atoms with van der Waals surface area (Å²) in [6.45, 7) is 5.69. The van der Waals surface area contributed by atoms with Crippen molar-refractivity contribution in [2.45, 2.75) is 57.7 Å². The third-order valence-electron chi connectivity index (χ3n) is 5.59. The van der Waals surface area contributed by atoms with Gasteiger partial charge in [0.15, 0.2) is 0 Å². The lowest BCUT2D eigenvalue weighted by Gasteiger charge is -2.24. The quantitative estimate of drug-likeness (QED) is 0.159. The van der Waals surface area contributed by atoms with Gasteiger partial charge in [-0.05, 0) is 44.8 Å². The van der Waals surface area contributed by atoms with E-state index in [-0.39, 0.29) is 19.1 Å². The number of nitrogens with zero attached hydrogens (tertiary/aromatic N) is 2. The second kappa shape index (κ2) is 17.6. The van der Waals surface area contributed by atoms with Crippen LogP contribution in [0.1, 0.15) is 43.1 Å². The van der Waals surface area contributed by atoms with Crippen LogP contribution in [0.2, 0.25) is 6.82 Å². The first-order valence-corrected chi connectivity index (χ1v) is 13.2. The fourth-order valence-corrected chi connectivity index (χ4v) is 3.47. The molecule has 0 aliphatic heterocycles. The molecule has 0 saturated carbocycles. The molecule has 2 aromatic carbocycles. The number of nitrogens with two attached hydrogens (primary N) is 1. The van der Waals surface area contributed by atoms with E-state index in [4.69, 9.17) is 30.0 Å². The third kappa shape index (κ3) is 12.8. The molecular formula is C29H38BN5O6. The first kappa shape index (κ1) is 33.2. The molecule has 41 heavy (non-hydrogen) atoms. The smallest absolute Gasteiger partial charge is 0.374 e. The zero-order valence-electron chi connectivity index (χ0n) is 23.7. The Morgan fingerprint density at radius 3 is 2.44 bits per heavy atom. The molecule has 5 N–H and O–H groups in total. The van der Waals surface area contributed by atoms with E-state index in [1.54, 1.807) is 20.7 Å². The zero-order valence-corrected chi connectivity index (χ0v) is 23.7. The predicted molar refractivity (Wildman–Crippen MR) is 154 cm³/mol. The molecule has 1 heterocycles. The largest absolute Gasteiger partial charge is 0.491 e. The van der Waals surface area contributed by atoms with Gasteiger partial charge in [-0.2, -0.15) is 5.26 Å². The predicted octanol–water partition coefficient (Wildman–Crippen LogP) is 2.57. The van der Waals surface area contributed by atoms with Gasteiger partial charge in [0.1, 0.15) is 36.6 Å². The van der Waals surface area contributed by atoms with E-state index in [0.717, 1.165) is 17.4 Å². The van der Waals surface area contributed by atoms with E-state index in [1.165, 1.54) is 6.26 Å². The van der Waals surface area contributed by atoms with E-state index in [1.807, 2.05) is 60.7 Å². The minimum absolute atomic E-state index is 0.165. The molecular weight excluding hydrogens is 525 g/mol. The van der Waals surface area contributed by atoms with Gasteiger partial charge in [-0.3, -0.25) is 4.79 Å². The number of para-hydroxylation sites is 1. The molecule has 3 aromatic rings. The minimum atomic E-state index is -1.04. The Morgan fingerprint density at radius 2 is 1.85 bits per heavy atom. The van der Waals surface area contributed by atoms with Crippen molar-refractivity contribution in [2.24, 2.45) is 5.73 Å². The Labute approximate surface area is 241 Å². The first-order valence-electron chi connectivity index (χ1n) is 13.2. The van der Waals surface area contributed by atoms with Crippen molar-refractivity contribution in [3.63, 3.8) is 0 Å². The number of carbonyl (C=O) groups excluding carboxylic acids is 2. The number of aromatic nitrogens is 1. The zero-order chi connectivity index (χ0) is 30.1. The Kier molecular flexibility index (Phi) is 14.3. The SMILES string of the molecule is CB(O)NC(C=O)COCc1ccccc1.CC(C)(N)C(=O)N[C@H](COc1ccccc1)c1nocc1CCC#N. The summed E-state index contributed by atoms with van der Waals surface area (Å²) in [7, 11) is -0.712. The summed E-state index contributed by atoms with van der Waals surface area (Å²) in [6.07, 6.45) is 3.04. The Balaban J connectivity index is 0.000000317. The topological polar surface area (TPSA) is 173 Å². The fourth-order valence-electron chi connectivity index (χ4n) is 3.47. The van der Waals surface area contributed by atoms with Crippen molar-refractivity contribution in [3.8, 4) is 11.8 Å². The number of aldehydes is 1. The molecule has 3 rings (SSSR count). The van der Waals surface area contributed by atoms with Gasteiger partial charge in [0.05, 0.1) is 30.9 Å². The third-order valence-corrected chi connectivity index (χ3v) is 5.59. The Morgan fingerprint density at radius 1 is 1.20 bits per heavy atom. The highest BCUT2D eigenvalue weighted by molar-refractivity contribution is 6.45. The number of nitrogens with one attached hydrogen (secondary N) is 2. The van der Waals surface area contributed by atoms with Crippen molar-refractivity contribution in [2.75, 3.05) is 13.2 Å². The van der Waals surface area contributed by atoms with E-state index in [2.05, 4.69) is 21.8 Å². The van der Waals surface area contributed by atoms with E-state index < -0.39 is 24.7 Å². The van der Waals surface area contributed by atoms with Crippen LogP contribution in [-0.2, 0) is 27.4 Å². The molecule has 0 saturated heterocycles. The molecule has 0 spiro atoms. The van der Waals surface area contributed by atoms with Crippen LogP contribution in [0.3, 0.4) is 0 Å². The van der Waals surface area contributed by atoms with Gasteiger partial charge in [-0.1, -0.05) is 53.7 Å². The Bertz CT molecular complexity index is 1210. The van der Waals surface area contributed by atoms with Gasteiger partial charge in [0.25, 0.3) is 0 Å². The van der Waals surface area contributed by atoms with Crippen molar-refractivity contribution >= 4 is 19.2 Å². The summed E-state index contributed by atoms with van der Waals surface area (Å²) in [6, 6.07) is 20.1. The van der Waals surface area contributed by atoms with Gasteiger partial charge < -0.3 is 40.1 Å². The van der Waals surface area contributed by atoms with Crippen LogP contribution in [0, 0.1) is 11.3 Å². The van der Waals surface area contributed by atoms with Crippen molar-refractivity contribution in [3.05, 3.63) is 83.7 Å². The summed E-state index contributed by atoms with van der Waals surface area (Å²) in [5.74, 6) is 0.347. The van der Waals surface area contributed by atoms with Crippen LogP contribution in [0.15, 0.2) is 71.4 Å². The highest BCUT2D eigenvalue weighted by Crippen LogP contribution is 2.21. The number of hydrogen-bond donors (Lipinski definition) is 4. The molecule has 1 aromatic heterocycles. The van der Waals surface area contributed by atoms with E-state index in [9.17, 15) is 9.59 Å². The lowest BCUT2D eigenvalue weighted by Crippen LogP contribution is -2.51. The highest BCUT2D eigenvalue weighted by atomic mass is 16.5. The number of hydrogen-bond acceptors (Lipinski definition) is 10. The molecule has 0 aliphatic carbocycles. The second-order valence-corrected chi connectivity index (χ2v) is 9.84. The van der Waals surface area contributed by atoms with Crippen molar-refractivity contribution in [1.29, 1.82) is 5.26 Å². The summed E-state index contributed by atoms with van der Waals surface area (Å²) in [4.78, 5) is 22.9. The molecule has 12 heteroatoms. The summed E-state index contributed by atoms with van der Waals surface area (Å²) in [5, 5.41) is 27.4. The molecule has 2 atom stereocenters. The number of benzene rings is 2. The fraction of sp³-hybridized carbons (Fsp3) is 0.379. The van der Waals surface area contributed by atoms with Gasteiger partial charge in [-0.25, -0.2) is 0 Å². The average Bonchev–Trinajstić information content (AvgIpc) is 3.42. The van der Waals surface area contributed by atoms with Crippen molar-refractivity contribution < 1.29 is 28.6 Å². The van der Waals surface area contributed by atoms with Crippen LogP contribution in [0.4, 0.5) is 0 Å². The average molecular weight is 563 g/mol. The maximum atomic E-state index is 12.3. The van der Waals surface area contributed by atoms with E-state index in [0.29, 0.717) is 30.9 Å². The summed E-state index contributed by atoms with van der Waals surface area (Å²) in [5.41, 5.74) is 7.19. The normalized spacial score (nSPS) is 12.2. The molecule has 11 nitrogen and oxygen atoms in total. The van der Waals surface area contributed by atoms with Gasteiger partial charge in [0.2, 0.25) is 5.91 Å². The number of aryl methyl sites for hydroxylation is 1. The summed E-state index contributed by atoms with van der Waals surface area (Å²) < 4.78 is 16.2. The maximum Gasteiger partial charge on any atom is 0.374 e. The maximum absolute atomic E-state index is 12.3. The molecule has 218 valence electrons. The molecule has 0 fully saturated rings. The van der Waals surface area contributed by atoms with Crippen LogP contribution >= 0.6 is 0 Å². The number of carbonyl (C=O) groups is 2.